The van der Waals surface area contributed by atoms with Gasteiger partial charge in [-0.2, -0.15) is 0 Å². The fourth-order valence-electron chi connectivity index (χ4n) is 3.73. The molecular weight excluding hydrogens is 364 g/mol. The molecule has 3 aromatic carbocycles. The lowest BCUT2D eigenvalue weighted by molar-refractivity contribution is -0.189. The van der Waals surface area contributed by atoms with E-state index >= 15 is 0 Å². The van der Waals surface area contributed by atoms with Gasteiger partial charge in [0.25, 0.3) is 0 Å². The van der Waals surface area contributed by atoms with E-state index in [0.29, 0.717) is 19.8 Å². The van der Waals surface area contributed by atoms with Gasteiger partial charge in [0, 0.05) is 18.0 Å². The third-order valence-corrected chi connectivity index (χ3v) is 5.18. The topological polar surface area (TPSA) is 45.5 Å². The normalized spacial score (nSPS) is 21.4. The number of imidazole rings is 1. The predicted octanol–water partition coefficient (Wildman–Crippen LogP) is 4.38. The van der Waals surface area contributed by atoms with Gasteiger partial charge in [0.1, 0.15) is 18.5 Å². The van der Waals surface area contributed by atoms with E-state index in [4.69, 9.17) is 14.2 Å². The lowest BCUT2D eigenvalue weighted by Crippen LogP contribution is -2.34. The molecule has 2 unspecified atom stereocenters. The Morgan fingerprint density at radius 2 is 1.83 bits per heavy atom. The van der Waals surface area contributed by atoms with Gasteiger partial charge in [0.15, 0.2) is 0 Å². The highest BCUT2D eigenvalue weighted by molar-refractivity contribution is 5.83. The van der Waals surface area contributed by atoms with E-state index in [2.05, 4.69) is 35.3 Å². The molecule has 1 aromatic heterocycles. The average molecular weight is 386 g/mol. The summed E-state index contributed by atoms with van der Waals surface area (Å²) in [4.78, 5) is 4.16. The van der Waals surface area contributed by atoms with Crippen LogP contribution >= 0.6 is 0 Å². The van der Waals surface area contributed by atoms with Crippen LogP contribution in [0, 0.1) is 0 Å². The van der Waals surface area contributed by atoms with Gasteiger partial charge >= 0.3 is 0 Å². The van der Waals surface area contributed by atoms with Crippen LogP contribution < -0.4 is 4.74 Å². The second kappa shape index (κ2) is 7.70. The fourth-order valence-corrected chi connectivity index (χ4v) is 3.73. The van der Waals surface area contributed by atoms with Gasteiger partial charge in [-0.15, -0.1) is 0 Å². The number of benzene rings is 3. The van der Waals surface area contributed by atoms with Crippen LogP contribution in [0.2, 0.25) is 0 Å². The van der Waals surface area contributed by atoms with Crippen LogP contribution in [-0.2, 0) is 21.8 Å². The van der Waals surface area contributed by atoms with Crippen molar-refractivity contribution in [3.8, 4) is 5.75 Å². The SMILES string of the molecule is c1ccc(OCC2COC(Cn3ccnc3)(c3ccc4ccccc4c3)O2)cc1. The minimum Gasteiger partial charge on any atom is -0.491 e. The van der Waals surface area contributed by atoms with Gasteiger partial charge in [0.05, 0.1) is 19.5 Å². The molecule has 5 heteroatoms. The molecule has 0 N–H and O–H groups in total. The first kappa shape index (κ1) is 17.9. The first-order valence-corrected chi connectivity index (χ1v) is 9.75. The van der Waals surface area contributed by atoms with Crippen molar-refractivity contribution in [3.63, 3.8) is 0 Å². The summed E-state index contributed by atoms with van der Waals surface area (Å²) in [5.41, 5.74) is 0.993. The van der Waals surface area contributed by atoms with Crippen LogP contribution in [0.1, 0.15) is 5.56 Å². The number of aromatic nitrogens is 2. The zero-order valence-electron chi connectivity index (χ0n) is 16.0. The largest absolute Gasteiger partial charge is 0.491 e. The van der Waals surface area contributed by atoms with Crippen LogP contribution in [0.15, 0.2) is 91.5 Å². The number of rotatable bonds is 6. The zero-order valence-corrected chi connectivity index (χ0v) is 16.0. The van der Waals surface area contributed by atoms with Gasteiger partial charge in [-0.25, -0.2) is 4.98 Å². The van der Waals surface area contributed by atoms with Crippen molar-refractivity contribution in [1.29, 1.82) is 0 Å². The highest BCUT2D eigenvalue weighted by Crippen LogP contribution is 2.37. The van der Waals surface area contributed by atoms with Gasteiger partial charge in [-0.05, 0) is 29.0 Å². The number of nitrogens with zero attached hydrogens (tertiary/aromatic N) is 2. The molecule has 1 aliphatic heterocycles. The van der Waals surface area contributed by atoms with E-state index in [1.165, 1.54) is 5.39 Å². The summed E-state index contributed by atoms with van der Waals surface area (Å²) in [6, 6.07) is 24.4. The van der Waals surface area contributed by atoms with Crippen molar-refractivity contribution in [2.45, 2.75) is 18.4 Å². The fraction of sp³-hybridized carbons (Fsp3) is 0.208. The Balaban J connectivity index is 1.42. The van der Waals surface area contributed by atoms with Crippen LogP contribution in [0.3, 0.4) is 0 Å². The molecule has 1 aliphatic rings. The molecule has 0 amide bonds. The lowest BCUT2D eigenvalue weighted by atomic mass is 10.0. The van der Waals surface area contributed by atoms with Crippen molar-refractivity contribution in [3.05, 3.63) is 97.1 Å². The molecule has 29 heavy (non-hydrogen) atoms. The molecule has 1 fully saturated rings. The summed E-state index contributed by atoms with van der Waals surface area (Å²) in [5, 5.41) is 2.35. The van der Waals surface area contributed by atoms with Crippen molar-refractivity contribution in [2.75, 3.05) is 13.2 Å². The maximum absolute atomic E-state index is 6.48. The van der Waals surface area contributed by atoms with Gasteiger partial charge in [0.2, 0.25) is 5.79 Å². The second-order valence-corrected chi connectivity index (χ2v) is 7.22. The number of hydrogen-bond acceptors (Lipinski definition) is 4. The van der Waals surface area contributed by atoms with E-state index in [0.717, 1.165) is 16.7 Å². The molecular formula is C24H22N2O3. The van der Waals surface area contributed by atoms with Gasteiger partial charge < -0.3 is 18.8 Å². The molecule has 0 saturated carbocycles. The van der Waals surface area contributed by atoms with Crippen LogP contribution in [0.25, 0.3) is 10.8 Å². The molecule has 0 radical (unpaired) electrons. The Kier molecular flexibility index (Phi) is 4.76. The highest BCUT2D eigenvalue weighted by atomic mass is 16.8. The summed E-state index contributed by atoms with van der Waals surface area (Å²) in [5.74, 6) is -0.0518. The standard InChI is InChI=1S/C24H22N2O3/c1-2-8-22(9-3-1)27-15-23-16-28-24(29-23,17-26-13-12-25-18-26)21-11-10-19-6-4-5-7-20(19)14-21/h1-14,18,23H,15-17H2. The van der Waals surface area contributed by atoms with Gasteiger partial charge in [-0.1, -0.05) is 54.6 Å². The minimum absolute atomic E-state index is 0.162. The number of hydrogen-bond donors (Lipinski definition) is 0. The Bertz CT molecular complexity index is 1080. The van der Waals surface area contributed by atoms with Crippen LogP contribution in [-0.4, -0.2) is 28.9 Å². The molecule has 0 aliphatic carbocycles. The summed E-state index contributed by atoms with van der Waals surface area (Å²) < 4.78 is 20.7. The lowest BCUT2D eigenvalue weighted by Gasteiger charge is -2.29. The van der Waals surface area contributed by atoms with Crippen LogP contribution in [0.5, 0.6) is 5.75 Å². The average Bonchev–Trinajstić information content (AvgIpc) is 3.44. The molecule has 5 nitrogen and oxygen atoms in total. The molecule has 2 heterocycles. The van der Waals surface area contributed by atoms with Crippen LogP contribution in [0.4, 0.5) is 0 Å². The second-order valence-electron chi connectivity index (χ2n) is 7.22. The van der Waals surface area contributed by atoms with Gasteiger partial charge in [-0.3, -0.25) is 0 Å². The summed E-state index contributed by atoms with van der Waals surface area (Å²) in [6.07, 6.45) is 5.30. The third kappa shape index (κ3) is 3.75. The summed E-state index contributed by atoms with van der Waals surface area (Å²) in [7, 11) is 0. The summed E-state index contributed by atoms with van der Waals surface area (Å²) >= 11 is 0. The Morgan fingerprint density at radius 3 is 2.66 bits per heavy atom. The zero-order chi connectivity index (χ0) is 19.5. The van der Waals surface area contributed by atoms with Crippen molar-refractivity contribution in [1.82, 2.24) is 9.55 Å². The third-order valence-electron chi connectivity index (χ3n) is 5.18. The van der Waals surface area contributed by atoms with E-state index in [1.807, 2.05) is 53.2 Å². The number of ether oxygens (including phenoxy) is 3. The molecule has 5 rings (SSSR count). The summed E-state index contributed by atoms with van der Waals surface area (Å²) in [6.45, 7) is 1.42. The predicted molar refractivity (Wildman–Crippen MR) is 111 cm³/mol. The molecule has 2 atom stereocenters. The number of fused-ring (bicyclic) bond motifs is 1. The quantitative estimate of drug-likeness (QED) is 0.493. The number of para-hydroxylation sites is 1. The maximum Gasteiger partial charge on any atom is 0.214 e. The molecule has 0 bridgehead atoms. The smallest absolute Gasteiger partial charge is 0.214 e. The van der Waals surface area contributed by atoms with E-state index in [1.54, 1.807) is 12.5 Å². The Hall–Kier alpha value is -3.15. The maximum atomic E-state index is 6.48. The van der Waals surface area contributed by atoms with E-state index in [9.17, 15) is 0 Å². The monoisotopic (exact) mass is 386 g/mol. The molecule has 146 valence electrons. The van der Waals surface area contributed by atoms with Crippen molar-refractivity contribution in [2.24, 2.45) is 0 Å². The van der Waals surface area contributed by atoms with E-state index in [-0.39, 0.29) is 6.10 Å². The van der Waals surface area contributed by atoms with Crippen molar-refractivity contribution < 1.29 is 14.2 Å². The Morgan fingerprint density at radius 1 is 1.00 bits per heavy atom. The minimum atomic E-state index is -0.880. The van der Waals surface area contributed by atoms with E-state index < -0.39 is 5.79 Å². The first-order chi connectivity index (χ1) is 14.3. The molecule has 4 aromatic rings. The highest BCUT2D eigenvalue weighted by Gasteiger charge is 2.44. The van der Waals surface area contributed by atoms with Crippen molar-refractivity contribution >= 4 is 10.8 Å². The first-order valence-electron chi connectivity index (χ1n) is 9.75. The molecule has 0 spiro atoms. The Labute approximate surface area is 169 Å². The molecule has 1 saturated heterocycles.